The van der Waals surface area contributed by atoms with E-state index in [1.165, 1.54) is 16.7 Å². The molecule has 2 aromatic rings. The molecule has 4 atom stereocenters. The number of hydrogen-bond acceptors (Lipinski definition) is 3. The Morgan fingerprint density at radius 1 is 1.18 bits per heavy atom. The Balaban J connectivity index is 1.40. The number of aryl methyl sites for hydroxylation is 2. The third kappa shape index (κ3) is 4.13. The van der Waals surface area contributed by atoms with Crippen molar-refractivity contribution in [3.05, 3.63) is 65.0 Å². The van der Waals surface area contributed by atoms with Gasteiger partial charge in [0.2, 0.25) is 0 Å². The summed E-state index contributed by atoms with van der Waals surface area (Å²) in [6.07, 6.45) is 5.08. The van der Waals surface area contributed by atoms with E-state index in [9.17, 15) is 9.50 Å². The van der Waals surface area contributed by atoms with Gasteiger partial charge < -0.3 is 10.0 Å². The van der Waals surface area contributed by atoms with E-state index in [-0.39, 0.29) is 12.6 Å². The van der Waals surface area contributed by atoms with E-state index in [4.69, 9.17) is 0 Å². The molecule has 0 saturated carbocycles. The zero-order valence-corrected chi connectivity index (χ0v) is 16.7. The van der Waals surface area contributed by atoms with Crippen LogP contribution in [-0.2, 0) is 6.42 Å². The lowest BCUT2D eigenvalue weighted by molar-refractivity contribution is 0.0900. The number of benzene rings is 1. The Bertz CT molecular complexity index is 796. The van der Waals surface area contributed by atoms with Crippen molar-refractivity contribution in [1.82, 2.24) is 9.88 Å². The minimum Gasteiger partial charge on any atom is -0.387 e. The van der Waals surface area contributed by atoms with Crippen molar-refractivity contribution in [2.24, 2.45) is 11.8 Å². The van der Waals surface area contributed by atoms with Crippen molar-refractivity contribution in [2.75, 3.05) is 26.3 Å². The molecule has 1 N–H and O–H groups in total. The van der Waals surface area contributed by atoms with Gasteiger partial charge in [0, 0.05) is 25.2 Å². The van der Waals surface area contributed by atoms with Gasteiger partial charge in [-0.1, -0.05) is 30.3 Å². The lowest BCUT2D eigenvalue weighted by atomic mass is 9.79. The molecule has 1 aromatic carbocycles. The summed E-state index contributed by atoms with van der Waals surface area (Å²) in [7, 11) is 0. The number of aliphatic hydroxyl groups excluding tert-OH is 1. The normalized spacial score (nSPS) is 28.5. The molecule has 3 nitrogen and oxygen atoms in total. The van der Waals surface area contributed by atoms with Gasteiger partial charge in [-0.15, -0.1) is 0 Å². The van der Waals surface area contributed by atoms with Gasteiger partial charge in [0.25, 0.3) is 0 Å². The molecule has 0 bridgehead atoms. The highest BCUT2D eigenvalue weighted by molar-refractivity contribution is 5.30. The second kappa shape index (κ2) is 8.71. The number of aliphatic hydroxyl groups is 1. The molecule has 1 aliphatic carbocycles. The van der Waals surface area contributed by atoms with Crippen LogP contribution in [-0.4, -0.2) is 41.3 Å². The molecule has 2 heterocycles. The SMILES string of the molecule is Cc1ccccc1[C@@H]1CCN(C[C@@H]2CCc3cccnc3[C@@H](O)C2)C[C@H]1CF. The number of piperidine rings is 1. The van der Waals surface area contributed by atoms with Crippen LogP contribution in [0.4, 0.5) is 4.39 Å². The lowest BCUT2D eigenvalue weighted by Gasteiger charge is -2.39. The molecule has 1 aromatic heterocycles. The predicted octanol–water partition coefficient (Wildman–Crippen LogP) is 4.45. The summed E-state index contributed by atoms with van der Waals surface area (Å²) < 4.78 is 13.9. The van der Waals surface area contributed by atoms with Gasteiger partial charge in [-0.05, 0) is 73.7 Å². The van der Waals surface area contributed by atoms with Crippen LogP contribution < -0.4 is 0 Å². The van der Waals surface area contributed by atoms with Gasteiger partial charge >= 0.3 is 0 Å². The maximum absolute atomic E-state index is 13.9. The smallest absolute Gasteiger partial charge is 0.0965 e. The van der Waals surface area contributed by atoms with Crippen LogP contribution in [0.15, 0.2) is 42.6 Å². The van der Waals surface area contributed by atoms with Crippen LogP contribution in [0, 0.1) is 18.8 Å². The zero-order valence-electron chi connectivity index (χ0n) is 16.7. The van der Waals surface area contributed by atoms with Gasteiger partial charge in [0.15, 0.2) is 0 Å². The minimum atomic E-state index is -0.481. The highest BCUT2D eigenvalue weighted by atomic mass is 19.1. The van der Waals surface area contributed by atoms with E-state index in [1.807, 2.05) is 6.07 Å². The van der Waals surface area contributed by atoms with Gasteiger partial charge in [0.1, 0.15) is 0 Å². The highest BCUT2D eigenvalue weighted by Gasteiger charge is 2.33. The number of fused-ring (bicyclic) bond motifs is 1. The number of nitrogens with zero attached hydrogens (tertiary/aromatic N) is 2. The first-order chi connectivity index (χ1) is 13.7. The minimum absolute atomic E-state index is 0.0596. The lowest BCUT2D eigenvalue weighted by Crippen LogP contribution is -2.43. The van der Waals surface area contributed by atoms with Crippen molar-refractivity contribution < 1.29 is 9.50 Å². The fourth-order valence-electron chi connectivity index (χ4n) is 5.24. The maximum atomic E-state index is 13.9. The number of likely N-dealkylation sites (tertiary alicyclic amines) is 1. The summed E-state index contributed by atoms with van der Waals surface area (Å²) in [6.45, 7) is 4.64. The molecule has 0 spiro atoms. The van der Waals surface area contributed by atoms with Crippen molar-refractivity contribution in [2.45, 2.75) is 44.6 Å². The maximum Gasteiger partial charge on any atom is 0.0965 e. The van der Waals surface area contributed by atoms with E-state index < -0.39 is 6.10 Å². The van der Waals surface area contributed by atoms with Crippen LogP contribution in [0.3, 0.4) is 0 Å². The van der Waals surface area contributed by atoms with E-state index in [0.29, 0.717) is 11.8 Å². The quantitative estimate of drug-likeness (QED) is 0.794. The average Bonchev–Trinajstić information content (AvgIpc) is 2.87. The molecule has 28 heavy (non-hydrogen) atoms. The molecular formula is C24H31FN2O. The Labute approximate surface area is 167 Å². The molecule has 4 heteroatoms. The predicted molar refractivity (Wildman–Crippen MR) is 110 cm³/mol. The van der Waals surface area contributed by atoms with Crippen molar-refractivity contribution in [3.8, 4) is 0 Å². The summed E-state index contributed by atoms with van der Waals surface area (Å²) in [6, 6.07) is 12.5. The Hall–Kier alpha value is -1.78. The number of aromatic nitrogens is 1. The first-order valence-corrected chi connectivity index (χ1v) is 10.6. The van der Waals surface area contributed by atoms with E-state index >= 15 is 0 Å². The topological polar surface area (TPSA) is 36.4 Å². The number of hydrogen-bond donors (Lipinski definition) is 1. The molecule has 4 rings (SSSR count). The van der Waals surface area contributed by atoms with Crippen LogP contribution >= 0.6 is 0 Å². The summed E-state index contributed by atoms with van der Waals surface area (Å²) in [5.74, 6) is 0.805. The summed E-state index contributed by atoms with van der Waals surface area (Å²) >= 11 is 0. The number of halogens is 1. The summed E-state index contributed by atoms with van der Waals surface area (Å²) in [4.78, 5) is 6.84. The van der Waals surface area contributed by atoms with Crippen molar-refractivity contribution in [3.63, 3.8) is 0 Å². The molecule has 150 valence electrons. The fraction of sp³-hybridized carbons (Fsp3) is 0.542. The largest absolute Gasteiger partial charge is 0.387 e. The van der Waals surface area contributed by atoms with Crippen molar-refractivity contribution in [1.29, 1.82) is 0 Å². The van der Waals surface area contributed by atoms with E-state index in [0.717, 1.165) is 51.0 Å². The zero-order chi connectivity index (χ0) is 19.5. The molecule has 2 aliphatic rings. The molecule has 0 amide bonds. The number of alkyl halides is 1. The summed E-state index contributed by atoms with van der Waals surface area (Å²) in [5, 5.41) is 10.6. The van der Waals surface area contributed by atoms with E-state index in [1.54, 1.807) is 6.20 Å². The van der Waals surface area contributed by atoms with Gasteiger partial charge in [0.05, 0.1) is 18.5 Å². The van der Waals surface area contributed by atoms with Crippen LogP contribution in [0.1, 0.15) is 53.7 Å². The second-order valence-corrected chi connectivity index (χ2v) is 8.63. The van der Waals surface area contributed by atoms with Gasteiger partial charge in [-0.3, -0.25) is 9.37 Å². The van der Waals surface area contributed by atoms with Gasteiger partial charge in [-0.25, -0.2) is 0 Å². The Morgan fingerprint density at radius 2 is 2.04 bits per heavy atom. The first kappa shape index (κ1) is 19.5. The first-order valence-electron chi connectivity index (χ1n) is 10.6. The standard InChI is InChI=1S/C24H31FN2O/c1-17-5-2-3-7-21(17)22-10-12-27(16-20(22)14-25)15-18-8-9-19-6-4-11-26-24(19)23(28)13-18/h2-7,11,18,20,22-23,28H,8-10,12-16H2,1H3/t18-,20-,22-,23+/m1/s1. The Morgan fingerprint density at radius 3 is 2.86 bits per heavy atom. The third-order valence-electron chi connectivity index (χ3n) is 6.74. The number of pyridine rings is 1. The van der Waals surface area contributed by atoms with Gasteiger partial charge in [-0.2, -0.15) is 0 Å². The van der Waals surface area contributed by atoms with Crippen molar-refractivity contribution >= 4 is 0 Å². The Kier molecular flexibility index (Phi) is 6.07. The second-order valence-electron chi connectivity index (χ2n) is 8.63. The molecule has 1 aliphatic heterocycles. The molecule has 0 radical (unpaired) electrons. The third-order valence-corrected chi connectivity index (χ3v) is 6.74. The fourth-order valence-corrected chi connectivity index (χ4v) is 5.24. The highest BCUT2D eigenvalue weighted by Crippen LogP contribution is 2.37. The monoisotopic (exact) mass is 382 g/mol. The van der Waals surface area contributed by atoms with Crippen LogP contribution in [0.2, 0.25) is 0 Å². The molecule has 1 saturated heterocycles. The van der Waals surface area contributed by atoms with E-state index in [2.05, 4.69) is 47.1 Å². The average molecular weight is 383 g/mol. The molecular weight excluding hydrogens is 351 g/mol. The number of rotatable bonds is 4. The molecule has 0 unspecified atom stereocenters. The summed E-state index contributed by atoms with van der Waals surface area (Å²) in [5.41, 5.74) is 4.62. The van der Waals surface area contributed by atoms with Crippen LogP contribution in [0.25, 0.3) is 0 Å². The molecule has 1 fully saturated rings. The van der Waals surface area contributed by atoms with Crippen LogP contribution in [0.5, 0.6) is 0 Å².